The normalized spacial score (nSPS) is 16.5. The van der Waals surface area contributed by atoms with Gasteiger partial charge in [0.1, 0.15) is 23.0 Å². The fraction of sp³-hybridized carbons (Fsp3) is 0.476. The van der Waals surface area contributed by atoms with Gasteiger partial charge in [0.05, 0.1) is 13.1 Å². The number of guanidine groups is 1. The third-order valence-electron chi connectivity index (χ3n) is 5.37. The number of nitrogens with one attached hydrogen (secondary N) is 2. The molecule has 0 bridgehead atoms. The van der Waals surface area contributed by atoms with E-state index in [0.29, 0.717) is 24.0 Å². The van der Waals surface area contributed by atoms with Gasteiger partial charge in [-0.15, -0.1) is 24.0 Å². The number of rotatable bonds is 4. The lowest BCUT2D eigenvalue weighted by atomic mass is 10.1. The number of halogens is 2. The third kappa shape index (κ3) is 4.60. The zero-order valence-electron chi connectivity index (χ0n) is 17.7. The lowest BCUT2D eigenvalue weighted by Gasteiger charge is -2.25. The molecule has 0 aliphatic carbocycles. The standard InChI is InChI=1S/C21H27FN6O.HI/c1-12(2)20-26-19-8-6-15(11-28(19)27-20)25-21(23-4)24-10-18-13(3)16-9-14(22)5-7-17(16)29-18;/h5,7,9,12,15H,6,8,10-11H2,1-4H3,(H2,23,24,25);1H. The molecule has 1 aromatic carbocycles. The highest BCUT2D eigenvalue weighted by Gasteiger charge is 2.23. The minimum atomic E-state index is -0.260. The molecular formula is C21H28FIN6O. The van der Waals surface area contributed by atoms with E-state index in [4.69, 9.17) is 4.42 Å². The summed E-state index contributed by atoms with van der Waals surface area (Å²) in [5.74, 6) is 3.50. The van der Waals surface area contributed by atoms with Crippen molar-refractivity contribution in [2.45, 2.75) is 58.7 Å². The van der Waals surface area contributed by atoms with Crippen LogP contribution in [0.5, 0.6) is 0 Å². The van der Waals surface area contributed by atoms with Crippen molar-refractivity contribution in [3.63, 3.8) is 0 Å². The van der Waals surface area contributed by atoms with Crippen molar-refractivity contribution in [2.24, 2.45) is 4.99 Å². The topological polar surface area (TPSA) is 80.3 Å². The van der Waals surface area contributed by atoms with Gasteiger partial charge in [-0.05, 0) is 31.5 Å². The SMILES string of the molecule is CN=C(NCc1oc2ccc(F)cc2c1C)NC1CCc2nc(C(C)C)nn2C1.I. The first-order valence-corrected chi connectivity index (χ1v) is 10.0. The quantitative estimate of drug-likeness (QED) is 0.307. The van der Waals surface area contributed by atoms with Crippen LogP contribution in [0.15, 0.2) is 27.6 Å². The molecule has 3 aromatic rings. The van der Waals surface area contributed by atoms with Gasteiger partial charge >= 0.3 is 0 Å². The summed E-state index contributed by atoms with van der Waals surface area (Å²) in [5.41, 5.74) is 1.63. The monoisotopic (exact) mass is 526 g/mol. The molecule has 0 spiro atoms. The lowest BCUT2D eigenvalue weighted by Crippen LogP contribution is -2.46. The summed E-state index contributed by atoms with van der Waals surface area (Å²) in [5, 5.41) is 12.2. The van der Waals surface area contributed by atoms with Crippen LogP contribution >= 0.6 is 24.0 Å². The smallest absolute Gasteiger partial charge is 0.191 e. The van der Waals surface area contributed by atoms with Crippen molar-refractivity contribution in [2.75, 3.05) is 7.05 Å². The van der Waals surface area contributed by atoms with E-state index in [1.54, 1.807) is 13.1 Å². The fourth-order valence-corrected chi connectivity index (χ4v) is 3.65. The number of aromatic nitrogens is 3. The van der Waals surface area contributed by atoms with E-state index < -0.39 is 0 Å². The number of fused-ring (bicyclic) bond motifs is 2. The Morgan fingerprint density at radius 3 is 2.93 bits per heavy atom. The lowest BCUT2D eigenvalue weighted by molar-refractivity contribution is 0.391. The van der Waals surface area contributed by atoms with E-state index in [9.17, 15) is 4.39 Å². The van der Waals surface area contributed by atoms with E-state index in [1.165, 1.54) is 12.1 Å². The maximum atomic E-state index is 13.5. The number of hydrogen-bond acceptors (Lipinski definition) is 4. The molecule has 2 N–H and O–H groups in total. The Labute approximate surface area is 192 Å². The Bertz CT molecular complexity index is 1060. The van der Waals surface area contributed by atoms with Gasteiger partial charge in [-0.2, -0.15) is 5.10 Å². The first kappa shape index (κ1) is 22.5. The second-order valence-electron chi connectivity index (χ2n) is 7.82. The van der Waals surface area contributed by atoms with Gasteiger partial charge < -0.3 is 15.1 Å². The number of benzene rings is 1. The molecule has 0 saturated heterocycles. The molecule has 3 heterocycles. The molecule has 9 heteroatoms. The van der Waals surface area contributed by atoms with Crippen molar-refractivity contribution in [1.29, 1.82) is 0 Å². The summed E-state index contributed by atoms with van der Waals surface area (Å²) >= 11 is 0. The van der Waals surface area contributed by atoms with Gasteiger partial charge in [-0.1, -0.05) is 13.8 Å². The first-order valence-electron chi connectivity index (χ1n) is 10.0. The summed E-state index contributed by atoms with van der Waals surface area (Å²) in [7, 11) is 1.75. The van der Waals surface area contributed by atoms with Crippen molar-refractivity contribution < 1.29 is 8.81 Å². The molecule has 7 nitrogen and oxygen atoms in total. The summed E-state index contributed by atoms with van der Waals surface area (Å²) in [6.07, 6.45) is 1.86. The van der Waals surface area contributed by atoms with Crippen molar-refractivity contribution >= 4 is 40.9 Å². The number of aliphatic imine (C=N–C) groups is 1. The predicted molar refractivity (Wildman–Crippen MR) is 126 cm³/mol. The second-order valence-corrected chi connectivity index (χ2v) is 7.82. The second kappa shape index (κ2) is 9.32. The zero-order chi connectivity index (χ0) is 20.5. The van der Waals surface area contributed by atoms with Crippen molar-refractivity contribution in [1.82, 2.24) is 25.4 Å². The van der Waals surface area contributed by atoms with Gasteiger partial charge in [0.2, 0.25) is 0 Å². The Balaban J connectivity index is 0.00000256. The predicted octanol–water partition coefficient (Wildman–Crippen LogP) is 3.89. The maximum Gasteiger partial charge on any atom is 0.191 e. The Morgan fingerprint density at radius 2 is 2.20 bits per heavy atom. The minimum Gasteiger partial charge on any atom is -0.459 e. The summed E-state index contributed by atoms with van der Waals surface area (Å²) in [4.78, 5) is 8.97. The molecule has 0 radical (unpaired) electrons. The molecule has 0 amide bonds. The van der Waals surface area contributed by atoms with E-state index in [0.717, 1.165) is 47.7 Å². The van der Waals surface area contributed by atoms with Crippen LogP contribution in [-0.2, 0) is 19.5 Å². The van der Waals surface area contributed by atoms with Crippen LogP contribution in [0, 0.1) is 12.7 Å². The van der Waals surface area contributed by atoms with E-state index in [1.807, 2.05) is 11.6 Å². The largest absolute Gasteiger partial charge is 0.459 e. The molecule has 1 atom stereocenters. The summed E-state index contributed by atoms with van der Waals surface area (Å²) < 4.78 is 21.4. The van der Waals surface area contributed by atoms with Gasteiger partial charge in [-0.3, -0.25) is 4.99 Å². The van der Waals surface area contributed by atoms with E-state index >= 15 is 0 Å². The minimum absolute atomic E-state index is 0. The number of nitrogens with zero attached hydrogens (tertiary/aromatic N) is 4. The van der Waals surface area contributed by atoms with Crippen LogP contribution in [0.3, 0.4) is 0 Å². The van der Waals surface area contributed by atoms with Crippen LogP contribution in [0.25, 0.3) is 11.0 Å². The maximum absolute atomic E-state index is 13.5. The number of furan rings is 1. The molecule has 162 valence electrons. The van der Waals surface area contributed by atoms with E-state index in [-0.39, 0.29) is 35.8 Å². The molecule has 4 rings (SSSR count). The Kier molecular flexibility index (Phi) is 6.99. The third-order valence-corrected chi connectivity index (χ3v) is 5.37. The molecular weight excluding hydrogens is 498 g/mol. The Hall–Kier alpha value is -2.17. The highest BCUT2D eigenvalue weighted by molar-refractivity contribution is 14.0. The van der Waals surface area contributed by atoms with Crippen LogP contribution in [-0.4, -0.2) is 33.8 Å². The summed E-state index contributed by atoms with van der Waals surface area (Å²) in [6, 6.07) is 4.81. The molecule has 1 unspecified atom stereocenters. The van der Waals surface area contributed by atoms with E-state index in [2.05, 4.69) is 39.6 Å². The Morgan fingerprint density at radius 1 is 1.40 bits per heavy atom. The average Bonchev–Trinajstić information content (AvgIpc) is 3.26. The summed E-state index contributed by atoms with van der Waals surface area (Å²) in [6.45, 7) is 7.39. The van der Waals surface area contributed by atoms with Crippen LogP contribution < -0.4 is 10.6 Å². The van der Waals surface area contributed by atoms with Crippen LogP contribution in [0.4, 0.5) is 4.39 Å². The average molecular weight is 526 g/mol. The van der Waals surface area contributed by atoms with Gasteiger partial charge in [-0.25, -0.2) is 14.1 Å². The molecule has 0 saturated carbocycles. The molecule has 1 aliphatic heterocycles. The first-order chi connectivity index (χ1) is 13.9. The number of hydrogen-bond donors (Lipinski definition) is 2. The van der Waals surface area contributed by atoms with Gasteiger partial charge in [0.25, 0.3) is 0 Å². The zero-order valence-corrected chi connectivity index (χ0v) is 20.0. The molecule has 0 fully saturated rings. The van der Waals surface area contributed by atoms with Gasteiger partial charge in [0.15, 0.2) is 11.8 Å². The molecule has 1 aliphatic rings. The highest BCUT2D eigenvalue weighted by Crippen LogP contribution is 2.26. The van der Waals surface area contributed by atoms with Crippen molar-refractivity contribution in [3.8, 4) is 0 Å². The van der Waals surface area contributed by atoms with Crippen molar-refractivity contribution in [3.05, 3.63) is 47.0 Å². The van der Waals surface area contributed by atoms with Crippen LogP contribution in [0.1, 0.15) is 49.2 Å². The molecule has 30 heavy (non-hydrogen) atoms. The number of aryl methyl sites for hydroxylation is 2. The van der Waals surface area contributed by atoms with Crippen LogP contribution in [0.2, 0.25) is 0 Å². The fourth-order valence-electron chi connectivity index (χ4n) is 3.65. The molecule has 2 aromatic heterocycles. The van der Waals surface area contributed by atoms with Gasteiger partial charge in [0, 0.05) is 36.4 Å². The highest BCUT2D eigenvalue weighted by atomic mass is 127.